The molecule has 0 aromatic heterocycles. The summed E-state index contributed by atoms with van der Waals surface area (Å²) in [6.45, 7) is 7.29. The van der Waals surface area contributed by atoms with Crippen molar-refractivity contribution in [1.82, 2.24) is 4.90 Å². The van der Waals surface area contributed by atoms with Crippen LogP contribution in [0.5, 0.6) is 0 Å². The number of amides is 1. The van der Waals surface area contributed by atoms with E-state index >= 15 is 0 Å². The predicted octanol–water partition coefficient (Wildman–Crippen LogP) is 3.79. The number of benzene rings is 1. The maximum absolute atomic E-state index is 12.0. The lowest BCUT2D eigenvalue weighted by Gasteiger charge is -2.43. The lowest BCUT2D eigenvalue weighted by Crippen LogP contribution is -2.47. The maximum atomic E-state index is 12.0. The van der Waals surface area contributed by atoms with E-state index < -0.39 is 5.60 Å². The van der Waals surface area contributed by atoms with Crippen LogP contribution in [0.15, 0.2) is 30.3 Å². The Bertz CT molecular complexity index is 450. The summed E-state index contributed by atoms with van der Waals surface area (Å²) in [5.41, 5.74) is 0.723. The van der Waals surface area contributed by atoms with Gasteiger partial charge in [-0.2, -0.15) is 0 Å². The standard InChI is InChI=1S/C16H23NO2/c1-15(2,3)12-16(13-8-6-5-7-9-13)10-11-17(4)14(18)19-16/h5-9H,10-12H2,1-4H3. The lowest BCUT2D eigenvalue weighted by atomic mass is 9.75. The van der Waals surface area contributed by atoms with E-state index in [4.69, 9.17) is 4.74 Å². The first-order valence-corrected chi connectivity index (χ1v) is 6.82. The van der Waals surface area contributed by atoms with Gasteiger partial charge in [0.05, 0.1) is 0 Å². The Kier molecular flexibility index (Phi) is 3.57. The van der Waals surface area contributed by atoms with Gasteiger partial charge in [0.25, 0.3) is 0 Å². The smallest absolute Gasteiger partial charge is 0.410 e. The third-order valence-electron chi connectivity index (χ3n) is 3.56. The van der Waals surface area contributed by atoms with Gasteiger partial charge in [0.15, 0.2) is 0 Å². The monoisotopic (exact) mass is 261 g/mol. The van der Waals surface area contributed by atoms with Crippen LogP contribution in [-0.2, 0) is 10.3 Å². The van der Waals surface area contributed by atoms with Crippen LogP contribution < -0.4 is 0 Å². The lowest BCUT2D eigenvalue weighted by molar-refractivity contribution is -0.0697. The number of ether oxygens (including phenoxy) is 1. The number of hydrogen-bond donors (Lipinski definition) is 0. The normalized spacial score (nSPS) is 24.2. The highest BCUT2D eigenvalue weighted by molar-refractivity contribution is 5.69. The van der Waals surface area contributed by atoms with Gasteiger partial charge in [-0.15, -0.1) is 0 Å². The highest BCUT2D eigenvalue weighted by atomic mass is 16.6. The van der Waals surface area contributed by atoms with Crippen LogP contribution in [0, 0.1) is 5.41 Å². The highest BCUT2D eigenvalue weighted by Gasteiger charge is 2.43. The molecule has 0 N–H and O–H groups in total. The average Bonchev–Trinajstić information content (AvgIpc) is 2.33. The Labute approximate surface area is 115 Å². The largest absolute Gasteiger partial charge is 0.438 e. The first-order chi connectivity index (χ1) is 8.82. The summed E-state index contributed by atoms with van der Waals surface area (Å²) in [6, 6.07) is 10.1. The van der Waals surface area contributed by atoms with Gasteiger partial charge >= 0.3 is 6.09 Å². The number of carbonyl (C=O) groups excluding carboxylic acids is 1. The number of nitrogens with zero attached hydrogens (tertiary/aromatic N) is 1. The molecule has 3 nitrogen and oxygen atoms in total. The molecule has 0 saturated carbocycles. The molecule has 0 aliphatic carbocycles. The fourth-order valence-electron chi connectivity index (χ4n) is 2.76. The molecule has 1 saturated heterocycles. The molecule has 1 aromatic carbocycles. The number of cyclic esters (lactones) is 1. The van der Waals surface area contributed by atoms with Crippen LogP contribution >= 0.6 is 0 Å². The summed E-state index contributed by atoms with van der Waals surface area (Å²) in [7, 11) is 1.79. The molecule has 1 amide bonds. The first kappa shape index (κ1) is 13.9. The van der Waals surface area contributed by atoms with Crippen molar-refractivity contribution in [2.45, 2.75) is 39.2 Å². The Morgan fingerprint density at radius 1 is 1.26 bits per heavy atom. The quantitative estimate of drug-likeness (QED) is 0.810. The molecule has 0 radical (unpaired) electrons. The molecular weight excluding hydrogens is 238 g/mol. The molecule has 0 bridgehead atoms. The zero-order valence-electron chi connectivity index (χ0n) is 12.3. The third kappa shape index (κ3) is 3.09. The molecule has 1 fully saturated rings. The minimum Gasteiger partial charge on any atom is -0.438 e. The van der Waals surface area contributed by atoms with Crippen molar-refractivity contribution in [2.75, 3.05) is 13.6 Å². The second-order valence-electron chi connectivity index (χ2n) is 6.64. The minimum atomic E-state index is -0.483. The summed E-state index contributed by atoms with van der Waals surface area (Å²) < 4.78 is 5.84. The molecule has 1 aliphatic rings. The SMILES string of the molecule is CN1CCC(CC(C)(C)C)(c2ccccc2)OC1=O. The van der Waals surface area contributed by atoms with E-state index in [2.05, 4.69) is 32.9 Å². The van der Waals surface area contributed by atoms with E-state index in [1.54, 1.807) is 11.9 Å². The third-order valence-corrected chi connectivity index (χ3v) is 3.56. The minimum absolute atomic E-state index is 0.103. The van der Waals surface area contributed by atoms with Crippen molar-refractivity contribution in [3.05, 3.63) is 35.9 Å². The Hall–Kier alpha value is -1.51. The van der Waals surface area contributed by atoms with Gasteiger partial charge in [0.1, 0.15) is 5.60 Å². The first-order valence-electron chi connectivity index (χ1n) is 6.82. The topological polar surface area (TPSA) is 29.5 Å². The van der Waals surface area contributed by atoms with Gasteiger partial charge in [-0.25, -0.2) is 4.79 Å². The molecule has 1 unspecified atom stereocenters. The summed E-state index contributed by atoms with van der Waals surface area (Å²) in [5, 5.41) is 0. The Balaban J connectivity index is 2.37. The van der Waals surface area contributed by atoms with E-state index in [1.165, 1.54) is 0 Å². The zero-order valence-corrected chi connectivity index (χ0v) is 12.3. The number of carbonyl (C=O) groups is 1. The number of hydrogen-bond acceptors (Lipinski definition) is 2. The van der Waals surface area contributed by atoms with E-state index in [0.717, 1.165) is 24.9 Å². The van der Waals surface area contributed by atoms with Crippen molar-refractivity contribution in [2.24, 2.45) is 5.41 Å². The molecule has 3 heteroatoms. The molecule has 2 rings (SSSR count). The van der Waals surface area contributed by atoms with Crippen molar-refractivity contribution in [1.29, 1.82) is 0 Å². The van der Waals surface area contributed by atoms with E-state index in [0.29, 0.717) is 0 Å². The van der Waals surface area contributed by atoms with Crippen LogP contribution in [0.4, 0.5) is 4.79 Å². The van der Waals surface area contributed by atoms with Crippen LogP contribution in [0.2, 0.25) is 0 Å². The van der Waals surface area contributed by atoms with Gasteiger partial charge in [0.2, 0.25) is 0 Å². The van der Waals surface area contributed by atoms with Crippen LogP contribution in [0.3, 0.4) is 0 Å². The fourth-order valence-corrected chi connectivity index (χ4v) is 2.76. The summed E-state index contributed by atoms with van der Waals surface area (Å²) in [4.78, 5) is 13.6. The molecule has 1 atom stereocenters. The Morgan fingerprint density at radius 2 is 1.89 bits per heavy atom. The zero-order chi connectivity index (χ0) is 14.1. The highest BCUT2D eigenvalue weighted by Crippen LogP contribution is 2.42. The van der Waals surface area contributed by atoms with Crippen LogP contribution in [-0.4, -0.2) is 24.6 Å². The van der Waals surface area contributed by atoms with E-state index in [9.17, 15) is 4.79 Å². The van der Waals surface area contributed by atoms with Crippen molar-refractivity contribution < 1.29 is 9.53 Å². The van der Waals surface area contributed by atoms with Gasteiger partial charge in [-0.3, -0.25) is 0 Å². The molecule has 0 spiro atoms. The summed E-state index contributed by atoms with van der Waals surface area (Å²) in [6.07, 6.45) is 1.46. The second kappa shape index (κ2) is 4.87. The average molecular weight is 261 g/mol. The Morgan fingerprint density at radius 3 is 2.42 bits per heavy atom. The molecule has 1 aromatic rings. The van der Waals surface area contributed by atoms with E-state index in [1.807, 2.05) is 18.2 Å². The van der Waals surface area contributed by atoms with Crippen molar-refractivity contribution >= 4 is 6.09 Å². The fraction of sp³-hybridized carbons (Fsp3) is 0.562. The molecule has 1 heterocycles. The van der Waals surface area contributed by atoms with Crippen LogP contribution in [0.25, 0.3) is 0 Å². The van der Waals surface area contributed by atoms with E-state index in [-0.39, 0.29) is 11.5 Å². The van der Waals surface area contributed by atoms with Crippen molar-refractivity contribution in [3.8, 4) is 0 Å². The second-order valence-corrected chi connectivity index (χ2v) is 6.64. The predicted molar refractivity (Wildman–Crippen MR) is 75.9 cm³/mol. The van der Waals surface area contributed by atoms with Gasteiger partial charge in [-0.1, -0.05) is 51.1 Å². The van der Waals surface area contributed by atoms with Crippen molar-refractivity contribution in [3.63, 3.8) is 0 Å². The number of rotatable bonds is 2. The molecule has 1 aliphatic heterocycles. The van der Waals surface area contributed by atoms with Crippen LogP contribution in [0.1, 0.15) is 39.2 Å². The molecular formula is C16H23NO2. The van der Waals surface area contributed by atoms with Gasteiger partial charge in [-0.05, 0) is 17.4 Å². The molecule has 19 heavy (non-hydrogen) atoms. The summed E-state index contributed by atoms with van der Waals surface area (Å²) in [5.74, 6) is 0. The summed E-state index contributed by atoms with van der Waals surface area (Å²) >= 11 is 0. The maximum Gasteiger partial charge on any atom is 0.410 e. The molecule has 104 valence electrons. The van der Waals surface area contributed by atoms with Gasteiger partial charge in [0, 0.05) is 20.0 Å². The van der Waals surface area contributed by atoms with Gasteiger partial charge < -0.3 is 9.64 Å².